The molecule has 0 aromatic carbocycles. The number of furan rings is 1. The van der Waals surface area contributed by atoms with E-state index in [4.69, 9.17) is 0 Å². The molecule has 0 atom stereocenters. The molecule has 0 spiro atoms. The van der Waals surface area contributed by atoms with Crippen LogP contribution in [0.1, 0.15) is 17.3 Å². The topological polar surface area (TPSA) is 42.2 Å². The molecule has 3 heteroatoms. The van der Waals surface area contributed by atoms with E-state index in [1.807, 2.05) is 6.92 Å². The van der Waals surface area contributed by atoms with Crippen molar-refractivity contribution in [3.8, 4) is 0 Å². The van der Waals surface area contributed by atoms with Gasteiger partial charge in [0.15, 0.2) is 6.26 Å². The van der Waals surface area contributed by atoms with Gasteiger partial charge in [0.25, 0.3) is 5.91 Å². The first kappa shape index (κ1) is 6.86. The number of amides is 1. The van der Waals surface area contributed by atoms with E-state index in [9.17, 15) is 4.79 Å². The van der Waals surface area contributed by atoms with Gasteiger partial charge in [-0.2, -0.15) is 0 Å². The molecule has 10 heavy (non-hydrogen) atoms. The van der Waals surface area contributed by atoms with E-state index in [2.05, 4.69) is 16.0 Å². The zero-order valence-corrected chi connectivity index (χ0v) is 5.68. The lowest BCUT2D eigenvalue weighted by atomic mass is 10.3. The molecule has 0 aliphatic heterocycles. The first-order valence-electron chi connectivity index (χ1n) is 3.07. The summed E-state index contributed by atoms with van der Waals surface area (Å²) in [6, 6.07) is 1.50. The average Bonchev–Trinajstić information content (AvgIpc) is 2.38. The summed E-state index contributed by atoms with van der Waals surface area (Å²) in [5.41, 5.74) is 0.516. The van der Waals surface area contributed by atoms with Gasteiger partial charge < -0.3 is 9.73 Å². The molecule has 0 aliphatic rings. The third-order valence-electron chi connectivity index (χ3n) is 1.07. The third-order valence-corrected chi connectivity index (χ3v) is 1.07. The largest absolute Gasteiger partial charge is 0.460 e. The van der Waals surface area contributed by atoms with Gasteiger partial charge >= 0.3 is 0 Å². The lowest BCUT2D eigenvalue weighted by molar-refractivity contribution is 0.0955. The van der Waals surface area contributed by atoms with E-state index in [0.717, 1.165) is 0 Å². The Morgan fingerprint density at radius 2 is 2.70 bits per heavy atom. The van der Waals surface area contributed by atoms with Gasteiger partial charge in [-0.05, 0) is 6.92 Å². The van der Waals surface area contributed by atoms with Crippen LogP contribution in [0.4, 0.5) is 0 Å². The molecule has 0 aliphatic carbocycles. The Balaban J connectivity index is 2.59. The Kier molecular flexibility index (Phi) is 2.10. The molecule has 3 nitrogen and oxygen atoms in total. The van der Waals surface area contributed by atoms with Gasteiger partial charge in [0, 0.05) is 12.6 Å². The molecule has 0 unspecified atom stereocenters. The van der Waals surface area contributed by atoms with Crippen molar-refractivity contribution in [2.75, 3.05) is 6.54 Å². The highest BCUT2D eigenvalue weighted by Gasteiger charge is 2.03. The maximum absolute atomic E-state index is 10.9. The van der Waals surface area contributed by atoms with E-state index in [1.165, 1.54) is 12.3 Å². The van der Waals surface area contributed by atoms with E-state index >= 15 is 0 Å². The van der Waals surface area contributed by atoms with Gasteiger partial charge in [0.1, 0.15) is 6.26 Å². The van der Waals surface area contributed by atoms with Crippen molar-refractivity contribution in [1.29, 1.82) is 0 Å². The Morgan fingerprint density at radius 3 is 3.20 bits per heavy atom. The maximum atomic E-state index is 10.9. The fraction of sp³-hybridized carbons (Fsp3) is 0.286. The van der Waals surface area contributed by atoms with Crippen LogP contribution in [0.3, 0.4) is 0 Å². The third kappa shape index (κ3) is 1.37. The molecular formula is C7H8NO2. The van der Waals surface area contributed by atoms with Crippen molar-refractivity contribution in [2.45, 2.75) is 6.92 Å². The SMILES string of the molecule is CCNC(=O)c1c[c]oc1. The van der Waals surface area contributed by atoms with Crippen molar-refractivity contribution >= 4 is 5.91 Å². The fourth-order valence-electron chi connectivity index (χ4n) is 0.611. The standard InChI is InChI=1S/C7H8NO2/c1-2-8-7(9)6-3-4-10-5-6/h3,5H,2H2,1H3,(H,8,9). The molecule has 0 saturated carbocycles. The predicted octanol–water partition coefficient (Wildman–Crippen LogP) is 0.829. The molecule has 1 N–H and O–H groups in total. The van der Waals surface area contributed by atoms with Gasteiger partial charge in [0.2, 0.25) is 0 Å². The number of hydrogen-bond donors (Lipinski definition) is 1. The molecule has 1 aromatic rings. The zero-order chi connectivity index (χ0) is 7.40. The number of carbonyl (C=O) groups is 1. The van der Waals surface area contributed by atoms with Crippen LogP contribution in [-0.4, -0.2) is 12.5 Å². The minimum Gasteiger partial charge on any atom is -0.460 e. The summed E-state index contributed by atoms with van der Waals surface area (Å²) in [6.45, 7) is 2.49. The summed E-state index contributed by atoms with van der Waals surface area (Å²) in [6.07, 6.45) is 3.80. The van der Waals surface area contributed by atoms with E-state index < -0.39 is 0 Å². The van der Waals surface area contributed by atoms with Crippen molar-refractivity contribution in [1.82, 2.24) is 5.32 Å². The van der Waals surface area contributed by atoms with E-state index in [0.29, 0.717) is 12.1 Å². The van der Waals surface area contributed by atoms with E-state index in [1.54, 1.807) is 0 Å². The van der Waals surface area contributed by atoms with Crippen LogP contribution in [0.25, 0.3) is 0 Å². The van der Waals surface area contributed by atoms with Crippen LogP contribution < -0.4 is 5.32 Å². The van der Waals surface area contributed by atoms with Crippen molar-refractivity contribution in [3.05, 3.63) is 24.2 Å². The molecule has 1 rings (SSSR count). The lowest BCUT2D eigenvalue weighted by Gasteiger charge is -1.95. The molecule has 1 heterocycles. The molecule has 1 radical (unpaired) electrons. The number of hydrogen-bond acceptors (Lipinski definition) is 2. The zero-order valence-electron chi connectivity index (χ0n) is 5.68. The van der Waals surface area contributed by atoms with Crippen molar-refractivity contribution in [2.24, 2.45) is 0 Å². The normalized spacial score (nSPS) is 9.30. The summed E-state index contributed by atoms with van der Waals surface area (Å²) in [5.74, 6) is -0.118. The van der Waals surface area contributed by atoms with Gasteiger partial charge in [0.05, 0.1) is 5.56 Å². The molecule has 1 amide bonds. The highest BCUT2D eigenvalue weighted by Crippen LogP contribution is 1.97. The van der Waals surface area contributed by atoms with Crippen LogP contribution in [0.2, 0.25) is 0 Å². The van der Waals surface area contributed by atoms with Crippen LogP contribution in [0, 0.1) is 6.26 Å². The molecule has 53 valence electrons. The smallest absolute Gasteiger partial charge is 0.254 e. The summed E-state index contributed by atoms with van der Waals surface area (Å²) >= 11 is 0. The van der Waals surface area contributed by atoms with Crippen molar-refractivity contribution < 1.29 is 9.21 Å². The molecule has 0 fully saturated rings. The minimum atomic E-state index is -0.118. The van der Waals surface area contributed by atoms with Gasteiger partial charge in [-0.3, -0.25) is 4.79 Å². The monoisotopic (exact) mass is 138 g/mol. The second-order valence-electron chi connectivity index (χ2n) is 1.81. The molecule has 0 bridgehead atoms. The van der Waals surface area contributed by atoms with Gasteiger partial charge in [-0.25, -0.2) is 0 Å². The van der Waals surface area contributed by atoms with Crippen LogP contribution in [0.15, 0.2) is 16.7 Å². The quantitative estimate of drug-likeness (QED) is 0.657. The second-order valence-corrected chi connectivity index (χ2v) is 1.81. The summed E-state index contributed by atoms with van der Waals surface area (Å²) in [4.78, 5) is 10.9. The van der Waals surface area contributed by atoms with Crippen LogP contribution in [-0.2, 0) is 0 Å². The highest BCUT2D eigenvalue weighted by atomic mass is 16.3. The number of nitrogens with one attached hydrogen (secondary N) is 1. The number of rotatable bonds is 2. The van der Waals surface area contributed by atoms with E-state index in [-0.39, 0.29) is 5.91 Å². The van der Waals surface area contributed by atoms with Gasteiger partial charge in [-0.15, -0.1) is 0 Å². The maximum Gasteiger partial charge on any atom is 0.254 e. The fourth-order valence-corrected chi connectivity index (χ4v) is 0.611. The Hall–Kier alpha value is -1.25. The summed E-state index contributed by atoms with van der Waals surface area (Å²) in [5, 5.41) is 2.63. The summed E-state index contributed by atoms with van der Waals surface area (Å²) < 4.78 is 4.60. The molecular weight excluding hydrogens is 130 g/mol. The Morgan fingerprint density at radius 1 is 1.90 bits per heavy atom. The van der Waals surface area contributed by atoms with Crippen molar-refractivity contribution in [3.63, 3.8) is 0 Å². The van der Waals surface area contributed by atoms with Crippen LogP contribution >= 0.6 is 0 Å². The predicted molar refractivity (Wildman–Crippen MR) is 35.6 cm³/mol. The molecule has 1 aromatic heterocycles. The lowest BCUT2D eigenvalue weighted by Crippen LogP contribution is -2.21. The first-order chi connectivity index (χ1) is 4.84. The average molecular weight is 138 g/mol. The van der Waals surface area contributed by atoms with Gasteiger partial charge in [-0.1, -0.05) is 0 Å². The Bertz CT molecular complexity index is 203. The minimum absolute atomic E-state index is 0.118. The Labute approximate surface area is 59.0 Å². The second kappa shape index (κ2) is 3.06. The number of carbonyl (C=O) groups excluding carboxylic acids is 1. The highest BCUT2D eigenvalue weighted by molar-refractivity contribution is 5.93. The van der Waals surface area contributed by atoms with Crippen LogP contribution in [0.5, 0.6) is 0 Å². The first-order valence-corrected chi connectivity index (χ1v) is 3.07. The molecule has 0 saturated heterocycles. The summed E-state index contributed by atoms with van der Waals surface area (Å²) in [7, 11) is 0.